The molecule has 0 aromatic heterocycles. The molecule has 0 radical (unpaired) electrons. The monoisotopic (exact) mass is 383 g/mol. The lowest BCUT2D eigenvalue weighted by atomic mass is 10.1. The lowest BCUT2D eigenvalue weighted by molar-refractivity contribution is -0.123. The minimum Gasteiger partial charge on any atom is -0.482 e. The molecule has 1 aliphatic heterocycles. The number of anilines is 3. The summed E-state index contributed by atoms with van der Waals surface area (Å²) in [7, 11) is 0. The Balaban J connectivity index is 1.73. The molecule has 2 aromatic carbocycles. The van der Waals surface area contributed by atoms with Gasteiger partial charge in [-0.2, -0.15) is 0 Å². The number of aromatic carboxylic acids is 1. The lowest BCUT2D eigenvalue weighted by Crippen LogP contribution is -2.43. The van der Waals surface area contributed by atoms with Gasteiger partial charge in [0.15, 0.2) is 6.61 Å². The predicted octanol–water partition coefficient (Wildman–Crippen LogP) is 1.71. The quantitative estimate of drug-likeness (QED) is 0.722. The van der Waals surface area contributed by atoms with E-state index >= 15 is 0 Å². The number of nitrogens with one attached hydrogen (secondary N) is 2. The van der Waals surface area contributed by atoms with E-state index in [4.69, 9.17) is 9.84 Å². The molecular formula is C19H17N3O6. The summed E-state index contributed by atoms with van der Waals surface area (Å²) in [5.74, 6) is -1.94. The van der Waals surface area contributed by atoms with E-state index in [0.29, 0.717) is 17.1 Å². The van der Waals surface area contributed by atoms with Crippen LogP contribution in [0, 0.1) is 0 Å². The standard InChI is InChI=1S/C19H17N3O6/c1-11(23)20-13-3-5-14(6-4-13)21-17(24)9-22-15-8-12(19(26)27)2-7-16(15)28-10-18(22)25/h2-8H,9-10H2,1H3,(H,20,23)(H,21,24)(H,26,27). The van der Waals surface area contributed by atoms with E-state index in [-0.39, 0.29) is 30.3 Å². The maximum absolute atomic E-state index is 12.4. The van der Waals surface area contributed by atoms with Crippen LogP contribution in [0.4, 0.5) is 17.1 Å². The van der Waals surface area contributed by atoms with Crippen LogP contribution in [-0.2, 0) is 14.4 Å². The molecular weight excluding hydrogens is 366 g/mol. The van der Waals surface area contributed by atoms with Crippen LogP contribution in [0.15, 0.2) is 42.5 Å². The zero-order valence-electron chi connectivity index (χ0n) is 14.9. The number of hydrogen-bond acceptors (Lipinski definition) is 5. The van der Waals surface area contributed by atoms with Crippen molar-refractivity contribution in [2.75, 3.05) is 28.7 Å². The fourth-order valence-electron chi connectivity index (χ4n) is 2.69. The fourth-order valence-corrected chi connectivity index (χ4v) is 2.69. The van der Waals surface area contributed by atoms with Crippen LogP contribution in [0.1, 0.15) is 17.3 Å². The number of benzene rings is 2. The number of carbonyl (C=O) groups is 4. The van der Waals surface area contributed by atoms with Gasteiger partial charge in [0.2, 0.25) is 11.8 Å². The molecule has 0 unspecified atom stereocenters. The minimum atomic E-state index is -1.15. The Kier molecular flexibility index (Phi) is 5.25. The molecule has 0 fully saturated rings. The summed E-state index contributed by atoms with van der Waals surface area (Å²) in [6.45, 7) is 0.854. The molecule has 9 heteroatoms. The SMILES string of the molecule is CC(=O)Nc1ccc(NC(=O)CN2C(=O)COc3ccc(C(=O)O)cc32)cc1. The van der Waals surface area contributed by atoms with Crippen LogP contribution in [0.25, 0.3) is 0 Å². The zero-order chi connectivity index (χ0) is 20.3. The van der Waals surface area contributed by atoms with Gasteiger partial charge in [0, 0.05) is 18.3 Å². The lowest BCUT2D eigenvalue weighted by Gasteiger charge is -2.29. The number of fused-ring (bicyclic) bond motifs is 1. The van der Waals surface area contributed by atoms with E-state index in [0.717, 1.165) is 0 Å². The third-order valence-corrected chi connectivity index (χ3v) is 3.94. The highest BCUT2D eigenvalue weighted by molar-refractivity contribution is 6.05. The highest BCUT2D eigenvalue weighted by Crippen LogP contribution is 2.33. The molecule has 0 spiro atoms. The maximum Gasteiger partial charge on any atom is 0.335 e. The van der Waals surface area contributed by atoms with Gasteiger partial charge in [0.05, 0.1) is 11.3 Å². The van der Waals surface area contributed by atoms with Crippen LogP contribution in [0.5, 0.6) is 5.75 Å². The van der Waals surface area contributed by atoms with Gasteiger partial charge < -0.3 is 20.5 Å². The van der Waals surface area contributed by atoms with Gasteiger partial charge in [-0.15, -0.1) is 0 Å². The van der Waals surface area contributed by atoms with Crippen LogP contribution < -0.4 is 20.3 Å². The van der Waals surface area contributed by atoms with Crippen molar-refractivity contribution >= 4 is 40.8 Å². The summed E-state index contributed by atoms with van der Waals surface area (Å²) < 4.78 is 5.30. The molecule has 1 heterocycles. The van der Waals surface area contributed by atoms with E-state index in [1.54, 1.807) is 24.3 Å². The molecule has 2 aromatic rings. The Morgan fingerprint density at radius 2 is 1.71 bits per heavy atom. The highest BCUT2D eigenvalue weighted by Gasteiger charge is 2.28. The summed E-state index contributed by atoms with van der Waals surface area (Å²) >= 11 is 0. The first-order chi connectivity index (χ1) is 13.3. The van der Waals surface area contributed by atoms with Crippen molar-refractivity contribution in [3.63, 3.8) is 0 Å². The predicted molar refractivity (Wildman–Crippen MR) is 101 cm³/mol. The molecule has 3 rings (SSSR count). The number of carboxylic acid groups (broad SMARTS) is 1. The molecule has 144 valence electrons. The average molecular weight is 383 g/mol. The average Bonchev–Trinajstić information content (AvgIpc) is 2.65. The number of nitrogens with zero attached hydrogens (tertiary/aromatic N) is 1. The second kappa shape index (κ2) is 7.78. The Hall–Kier alpha value is -3.88. The summed E-state index contributed by atoms with van der Waals surface area (Å²) in [6, 6.07) is 10.6. The number of carboxylic acids is 1. The third-order valence-electron chi connectivity index (χ3n) is 3.94. The van der Waals surface area contributed by atoms with Crippen molar-refractivity contribution in [3.8, 4) is 5.75 Å². The van der Waals surface area contributed by atoms with E-state index in [9.17, 15) is 19.2 Å². The number of carbonyl (C=O) groups excluding carboxylic acids is 3. The molecule has 28 heavy (non-hydrogen) atoms. The Morgan fingerprint density at radius 3 is 2.32 bits per heavy atom. The molecule has 3 amide bonds. The van der Waals surface area contributed by atoms with Gasteiger partial charge in [-0.3, -0.25) is 19.3 Å². The van der Waals surface area contributed by atoms with Crippen LogP contribution >= 0.6 is 0 Å². The molecule has 3 N–H and O–H groups in total. The zero-order valence-corrected chi connectivity index (χ0v) is 14.9. The molecule has 0 saturated heterocycles. The van der Waals surface area contributed by atoms with Crippen molar-refractivity contribution in [3.05, 3.63) is 48.0 Å². The number of rotatable bonds is 5. The summed E-state index contributed by atoms with van der Waals surface area (Å²) in [5.41, 5.74) is 1.28. The Bertz CT molecular complexity index is 955. The summed E-state index contributed by atoms with van der Waals surface area (Å²) in [4.78, 5) is 48.0. The maximum atomic E-state index is 12.4. The number of ether oxygens (including phenoxy) is 1. The van der Waals surface area contributed by atoms with Crippen LogP contribution in [0.2, 0.25) is 0 Å². The molecule has 0 atom stereocenters. The van der Waals surface area contributed by atoms with Crippen molar-refractivity contribution in [2.24, 2.45) is 0 Å². The van der Waals surface area contributed by atoms with Crippen molar-refractivity contribution < 1.29 is 29.0 Å². The van der Waals surface area contributed by atoms with Crippen molar-refractivity contribution in [1.29, 1.82) is 0 Å². The largest absolute Gasteiger partial charge is 0.482 e. The van der Waals surface area contributed by atoms with Gasteiger partial charge in [-0.1, -0.05) is 0 Å². The minimum absolute atomic E-state index is 0.0176. The van der Waals surface area contributed by atoms with E-state index in [1.807, 2.05) is 0 Å². The fraction of sp³-hybridized carbons (Fsp3) is 0.158. The van der Waals surface area contributed by atoms with E-state index < -0.39 is 17.8 Å². The molecule has 9 nitrogen and oxygen atoms in total. The number of amides is 3. The van der Waals surface area contributed by atoms with Crippen molar-refractivity contribution in [2.45, 2.75) is 6.92 Å². The van der Waals surface area contributed by atoms with Gasteiger partial charge in [0.25, 0.3) is 5.91 Å². The molecule has 1 aliphatic rings. The topological polar surface area (TPSA) is 125 Å². The van der Waals surface area contributed by atoms with Crippen LogP contribution in [-0.4, -0.2) is 41.9 Å². The molecule has 0 aliphatic carbocycles. The first-order valence-electron chi connectivity index (χ1n) is 8.31. The molecule has 0 bridgehead atoms. The summed E-state index contributed by atoms with van der Waals surface area (Å²) in [5, 5.41) is 14.4. The first-order valence-corrected chi connectivity index (χ1v) is 8.31. The van der Waals surface area contributed by atoms with Gasteiger partial charge in [0.1, 0.15) is 12.3 Å². The Labute approximate surface area is 159 Å². The second-order valence-electron chi connectivity index (χ2n) is 6.06. The van der Waals surface area contributed by atoms with E-state index in [1.165, 1.54) is 30.0 Å². The third kappa shape index (κ3) is 4.26. The number of hydrogen-bond donors (Lipinski definition) is 3. The second-order valence-corrected chi connectivity index (χ2v) is 6.06. The van der Waals surface area contributed by atoms with Gasteiger partial charge in [-0.05, 0) is 42.5 Å². The molecule has 0 saturated carbocycles. The van der Waals surface area contributed by atoms with Gasteiger partial charge >= 0.3 is 5.97 Å². The van der Waals surface area contributed by atoms with E-state index in [2.05, 4.69) is 10.6 Å². The van der Waals surface area contributed by atoms with Crippen molar-refractivity contribution in [1.82, 2.24) is 0 Å². The Morgan fingerprint density at radius 1 is 1.07 bits per heavy atom. The summed E-state index contributed by atoms with van der Waals surface area (Å²) in [6.07, 6.45) is 0. The van der Waals surface area contributed by atoms with Gasteiger partial charge in [-0.25, -0.2) is 4.79 Å². The van der Waals surface area contributed by atoms with Crippen LogP contribution in [0.3, 0.4) is 0 Å². The smallest absolute Gasteiger partial charge is 0.335 e. The normalized spacial score (nSPS) is 12.6. The highest BCUT2D eigenvalue weighted by atomic mass is 16.5. The first kappa shape index (κ1) is 18.9.